The Bertz CT molecular complexity index is 541. The van der Waals surface area contributed by atoms with Gasteiger partial charge in [-0.1, -0.05) is 13.8 Å². The molecule has 0 aliphatic heterocycles. The lowest BCUT2D eigenvalue weighted by atomic mass is 9.99. The summed E-state index contributed by atoms with van der Waals surface area (Å²) in [5.74, 6) is 0.937. The van der Waals surface area contributed by atoms with Gasteiger partial charge in [0, 0.05) is 18.2 Å². The molecular formula is C14H18FN3. The maximum atomic E-state index is 12.9. The van der Waals surface area contributed by atoms with Gasteiger partial charge in [0.15, 0.2) is 0 Å². The van der Waals surface area contributed by atoms with Crippen LogP contribution < -0.4 is 5.73 Å². The second kappa shape index (κ2) is 4.80. The summed E-state index contributed by atoms with van der Waals surface area (Å²) in [5.41, 5.74) is 8.84. The second-order valence-corrected chi connectivity index (χ2v) is 4.94. The fraction of sp³-hybridized carbons (Fsp3) is 0.357. The van der Waals surface area contributed by atoms with Crippen molar-refractivity contribution in [2.45, 2.75) is 20.3 Å². The van der Waals surface area contributed by atoms with Crippen LogP contribution in [0.15, 0.2) is 24.3 Å². The van der Waals surface area contributed by atoms with E-state index in [2.05, 4.69) is 18.9 Å². The van der Waals surface area contributed by atoms with Gasteiger partial charge in [-0.15, -0.1) is 0 Å². The molecule has 0 atom stereocenters. The highest BCUT2D eigenvalue weighted by atomic mass is 19.1. The van der Waals surface area contributed by atoms with Gasteiger partial charge < -0.3 is 5.73 Å². The van der Waals surface area contributed by atoms with Crippen molar-refractivity contribution in [3.8, 4) is 11.3 Å². The Morgan fingerprint density at radius 1 is 1.28 bits per heavy atom. The minimum Gasteiger partial charge on any atom is -0.384 e. The number of nitrogen functional groups attached to an aromatic ring is 1. The maximum Gasteiger partial charge on any atom is 0.125 e. The molecule has 1 aromatic carbocycles. The molecule has 4 heteroatoms. The Hall–Kier alpha value is -1.84. The summed E-state index contributed by atoms with van der Waals surface area (Å²) in [6.45, 7) is 4.28. The minimum atomic E-state index is -0.243. The van der Waals surface area contributed by atoms with Crippen molar-refractivity contribution < 1.29 is 4.39 Å². The summed E-state index contributed by atoms with van der Waals surface area (Å²) in [4.78, 5) is 0. The average Bonchev–Trinajstić information content (AvgIpc) is 2.58. The van der Waals surface area contributed by atoms with Crippen molar-refractivity contribution >= 4 is 5.82 Å². The van der Waals surface area contributed by atoms with Crippen LogP contribution in [0.5, 0.6) is 0 Å². The van der Waals surface area contributed by atoms with Crippen LogP contribution in [0.2, 0.25) is 0 Å². The average molecular weight is 247 g/mol. The van der Waals surface area contributed by atoms with E-state index in [9.17, 15) is 4.39 Å². The first-order valence-electron chi connectivity index (χ1n) is 6.06. The number of anilines is 1. The fourth-order valence-electron chi connectivity index (χ4n) is 2.03. The van der Waals surface area contributed by atoms with E-state index in [0.717, 1.165) is 23.2 Å². The van der Waals surface area contributed by atoms with Crippen molar-refractivity contribution in [1.82, 2.24) is 9.78 Å². The third-order valence-electron chi connectivity index (χ3n) is 2.92. The molecule has 0 spiro atoms. The molecule has 0 bridgehead atoms. The van der Waals surface area contributed by atoms with E-state index in [4.69, 9.17) is 5.73 Å². The third-order valence-corrected chi connectivity index (χ3v) is 2.92. The van der Waals surface area contributed by atoms with Gasteiger partial charge in [0.1, 0.15) is 11.6 Å². The van der Waals surface area contributed by atoms with Gasteiger partial charge in [0.05, 0.1) is 5.69 Å². The quantitative estimate of drug-likeness (QED) is 0.906. The summed E-state index contributed by atoms with van der Waals surface area (Å²) in [6, 6.07) is 6.36. The molecule has 0 saturated carbocycles. The van der Waals surface area contributed by atoms with Crippen molar-refractivity contribution in [1.29, 1.82) is 0 Å². The lowest BCUT2D eigenvalue weighted by Crippen LogP contribution is -2.02. The molecule has 3 nitrogen and oxygen atoms in total. The van der Waals surface area contributed by atoms with Gasteiger partial charge in [-0.3, -0.25) is 4.68 Å². The van der Waals surface area contributed by atoms with E-state index in [1.54, 1.807) is 16.8 Å². The van der Waals surface area contributed by atoms with Crippen molar-refractivity contribution in [3.63, 3.8) is 0 Å². The zero-order chi connectivity index (χ0) is 13.3. The predicted molar refractivity (Wildman–Crippen MR) is 71.6 cm³/mol. The van der Waals surface area contributed by atoms with Crippen LogP contribution in [-0.2, 0) is 13.5 Å². The van der Waals surface area contributed by atoms with E-state index < -0.39 is 0 Å². The fourth-order valence-corrected chi connectivity index (χ4v) is 2.03. The van der Waals surface area contributed by atoms with Gasteiger partial charge in [-0.05, 0) is 36.6 Å². The molecule has 18 heavy (non-hydrogen) atoms. The first kappa shape index (κ1) is 12.6. The van der Waals surface area contributed by atoms with E-state index >= 15 is 0 Å². The first-order valence-corrected chi connectivity index (χ1v) is 6.06. The molecule has 0 aliphatic carbocycles. The molecule has 2 aromatic rings. The zero-order valence-electron chi connectivity index (χ0n) is 10.9. The van der Waals surface area contributed by atoms with E-state index in [1.165, 1.54) is 12.1 Å². The summed E-state index contributed by atoms with van der Waals surface area (Å²) >= 11 is 0. The Labute approximate surface area is 106 Å². The molecule has 1 aromatic heterocycles. The van der Waals surface area contributed by atoms with Crippen LogP contribution >= 0.6 is 0 Å². The molecule has 0 aliphatic rings. The van der Waals surface area contributed by atoms with E-state index in [-0.39, 0.29) is 5.82 Å². The van der Waals surface area contributed by atoms with Gasteiger partial charge in [0.2, 0.25) is 0 Å². The highest BCUT2D eigenvalue weighted by molar-refractivity contribution is 5.68. The SMILES string of the molecule is CC(C)Cc1c(-c2ccc(F)cc2)nn(C)c1N. The molecular weight excluding hydrogens is 229 g/mol. The number of rotatable bonds is 3. The minimum absolute atomic E-state index is 0.243. The largest absolute Gasteiger partial charge is 0.384 e. The molecule has 2 rings (SSSR count). The number of aromatic nitrogens is 2. The Morgan fingerprint density at radius 2 is 1.89 bits per heavy atom. The predicted octanol–water partition coefficient (Wildman–Crippen LogP) is 3.01. The highest BCUT2D eigenvalue weighted by Crippen LogP contribution is 2.28. The van der Waals surface area contributed by atoms with Gasteiger partial charge in [-0.2, -0.15) is 5.10 Å². The van der Waals surface area contributed by atoms with Crippen molar-refractivity contribution in [2.75, 3.05) is 5.73 Å². The van der Waals surface area contributed by atoms with Crippen LogP contribution in [0, 0.1) is 11.7 Å². The number of hydrogen-bond donors (Lipinski definition) is 1. The highest BCUT2D eigenvalue weighted by Gasteiger charge is 2.16. The van der Waals surface area contributed by atoms with Crippen molar-refractivity contribution in [2.24, 2.45) is 13.0 Å². The van der Waals surface area contributed by atoms with E-state index in [1.807, 2.05) is 7.05 Å². The monoisotopic (exact) mass is 247 g/mol. The molecule has 0 amide bonds. The second-order valence-electron chi connectivity index (χ2n) is 4.94. The Morgan fingerprint density at radius 3 is 2.44 bits per heavy atom. The van der Waals surface area contributed by atoms with Crippen LogP contribution in [0.4, 0.5) is 10.2 Å². The zero-order valence-corrected chi connectivity index (χ0v) is 10.9. The standard InChI is InChI=1S/C14H18FN3/c1-9(2)8-12-13(17-18(3)14(12)16)10-4-6-11(15)7-5-10/h4-7,9H,8,16H2,1-3H3. The van der Waals surface area contributed by atoms with Crippen molar-refractivity contribution in [3.05, 3.63) is 35.6 Å². The van der Waals surface area contributed by atoms with Crippen LogP contribution in [-0.4, -0.2) is 9.78 Å². The molecule has 0 fully saturated rings. The van der Waals surface area contributed by atoms with Crippen LogP contribution in [0.1, 0.15) is 19.4 Å². The molecule has 0 unspecified atom stereocenters. The number of hydrogen-bond acceptors (Lipinski definition) is 2. The van der Waals surface area contributed by atoms with E-state index in [0.29, 0.717) is 11.7 Å². The lowest BCUT2D eigenvalue weighted by molar-refractivity contribution is 0.628. The normalized spacial score (nSPS) is 11.2. The Balaban J connectivity index is 2.49. The number of aryl methyl sites for hydroxylation is 1. The van der Waals surface area contributed by atoms with Gasteiger partial charge >= 0.3 is 0 Å². The molecule has 0 saturated heterocycles. The Kier molecular flexibility index (Phi) is 3.36. The molecule has 1 heterocycles. The summed E-state index contributed by atoms with van der Waals surface area (Å²) in [6.07, 6.45) is 0.867. The molecule has 96 valence electrons. The van der Waals surface area contributed by atoms with Crippen LogP contribution in [0.3, 0.4) is 0 Å². The molecule has 2 N–H and O–H groups in total. The summed E-state index contributed by atoms with van der Waals surface area (Å²) in [5, 5.41) is 4.43. The smallest absolute Gasteiger partial charge is 0.125 e. The summed E-state index contributed by atoms with van der Waals surface area (Å²) in [7, 11) is 1.83. The maximum absolute atomic E-state index is 12.9. The van der Waals surface area contributed by atoms with Gasteiger partial charge in [0.25, 0.3) is 0 Å². The third kappa shape index (κ3) is 2.37. The number of halogens is 1. The number of benzene rings is 1. The van der Waals surface area contributed by atoms with Crippen LogP contribution in [0.25, 0.3) is 11.3 Å². The molecule has 0 radical (unpaired) electrons. The first-order chi connectivity index (χ1) is 8.49. The summed E-state index contributed by atoms with van der Waals surface area (Å²) < 4.78 is 14.6. The topological polar surface area (TPSA) is 43.8 Å². The number of nitrogens with zero attached hydrogens (tertiary/aromatic N) is 2. The van der Waals surface area contributed by atoms with Gasteiger partial charge in [-0.25, -0.2) is 4.39 Å². The number of nitrogens with two attached hydrogens (primary N) is 1. The lowest BCUT2D eigenvalue weighted by Gasteiger charge is -2.06.